The summed E-state index contributed by atoms with van der Waals surface area (Å²) >= 11 is 1.18. The van der Waals surface area contributed by atoms with Crippen molar-refractivity contribution in [1.82, 2.24) is 5.32 Å². The Hall–Kier alpha value is -2.64. The monoisotopic (exact) mass is 442 g/mol. The maximum Gasteiger partial charge on any atom is 0.273 e. The molecule has 5 nitrogen and oxygen atoms in total. The molecule has 3 aromatic rings. The maximum atomic E-state index is 12.8. The lowest BCUT2D eigenvalue weighted by Crippen LogP contribution is -2.29. The summed E-state index contributed by atoms with van der Waals surface area (Å²) in [6, 6.07) is 19.7. The van der Waals surface area contributed by atoms with Gasteiger partial charge in [-0.05, 0) is 53.6 Å². The van der Waals surface area contributed by atoms with E-state index in [-0.39, 0.29) is 16.2 Å². The summed E-state index contributed by atoms with van der Waals surface area (Å²) in [5, 5.41) is 4.84. The van der Waals surface area contributed by atoms with Gasteiger partial charge >= 0.3 is 0 Å². The Bertz CT molecular complexity index is 1060. The number of anilines is 1. The van der Waals surface area contributed by atoms with E-state index in [1.165, 1.54) is 22.7 Å². The molecule has 3 rings (SSSR count). The lowest BCUT2D eigenvalue weighted by molar-refractivity contribution is 0.0932. The summed E-state index contributed by atoms with van der Waals surface area (Å²) in [5.74, 6) is 0.244. The van der Waals surface area contributed by atoms with Gasteiger partial charge in [-0.1, -0.05) is 50.2 Å². The van der Waals surface area contributed by atoms with Gasteiger partial charge < -0.3 is 5.32 Å². The van der Waals surface area contributed by atoms with Crippen molar-refractivity contribution in [3.8, 4) is 0 Å². The minimum Gasteiger partial charge on any atom is -0.345 e. The molecule has 1 aromatic heterocycles. The standard InChI is InChI=1S/C23H26N2O3S2/c1-17(2)16-21(18-8-5-4-6-9-18)24-23(26)19-11-13-20(14-12-19)25(3)30(27,28)22-10-7-15-29-22/h4-15,17,21H,16H2,1-3H3,(H,24,26)/t21-/m0/s1. The van der Waals surface area contributed by atoms with Gasteiger partial charge in [0, 0.05) is 12.6 Å². The Morgan fingerprint density at radius 2 is 1.67 bits per heavy atom. The second-order valence-electron chi connectivity index (χ2n) is 7.52. The number of sulfonamides is 1. The Morgan fingerprint density at radius 3 is 2.23 bits per heavy atom. The first-order valence-electron chi connectivity index (χ1n) is 9.77. The molecule has 0 fully saturated rings. The van der Waals surface area contributed by atoms with E-state index in [1.54, 1.807) is 41.8 Å². The summed E-state index contributed by atoms with van der Waals surface area (Å²) < 4.78 is 26.9. The lowest BCUT2D eigenvalue weighted by atomic mass is 9.96. The third-order valence-corrected chi connectivity index (χ3v) is 7.98. The van der Waals surface area contributed by atoms with Crippen molar-refractivity contribution >= 4 is 33.0 Å². The predicted molar refractivity (Wildman–Crippen MR) is 122 cm³/mol. The first-order valence-corrected chi connectivity index (χ1v) is 12.1. The molecule has 30 heavy (non-hydrogen) atoms. The van der Waals surface area contributed by atoms with E-state index in [0.717, 1.165) is 12.0 Å². The number of hydrogen-bond donors (Lipinski definition) is 1. The van der Waals surface area contributed by atoms with Crippen LogP contribution in [-0.4, -0.2) is 21.4 Å². The second-order valence-corrected chi connectivity index (χ2v) is 10.7. The highest BCUT2D eigenvalue weighted by Gasteiger charge is 2.23. The summed E-state index contributed by atoms with van der Waals surface area (Å²) in [7, 11) is -2.09. The summed E-state index contributed by atoms with van der Waals surface area (Å²) in [6.45, 7) is 4.25. The van der Waals surface area contributed by atoms with Crippen LogP contribution in [0.25, 0.3) is 0 Å². The van der Waals surface area contributed by atoms with Gasteiger partial charge in [0.05, 0.1) is 11.7 Å². The molecule has 0 spiro atoms. The van der Waals surface area contributed by atoms with E-state index in [1.807, 2.05) is 30.3 Å². The zero-order valence-corrected chi connectivity index (χ0v) is 18.9. The highest BCUT2D eigenvalue weighted by Crippen LogP contribution is 2.26. The molecule has 2 aromatic carbocycles. The van der Waals surface area contributed by atoms with Crippen LogP contribution in [0.4, 0.5) is 5.69 Å². The fourth-order valence-corrected chi connectivity index (χ4v) is 5.54. The average Bonchev–Trinajstić information content (AvgIpc) is 3.29. The number of rotatable bonds is 8. The largest absolute Gasteiger partial charge is 0.345 e. The van der Waals surface area contributed by atoms with Crippen molar-refractivity contribution in [1.29, 1.82) is 0 Å². The SMILES string of the molecule is CC(C)C[C@H](NC(=O)c1ccc(N(C)S(=O)(=O)c2cccs2)cc1)c1ccccc1. The second kappa shape index (κ2) is 9.45. The summed E-state index contributed by atoms with van der Waals surface area (Å²) in [5.41, 5.74) is 2.06. The minimum atomic E-state index is -3.60. The van der Waals surface area contributed by atoms with Crippen LogP contribution < -0.4 is 9.62 Å². The number of nitrogens with one attached hydrogen (secondary N) is 1. The van der Waals surface area contributed by atoms with Crippen LogP contribution in [0.3, 0.4) is 0 Å². The van der Waals surface area contributed by atoms with Crippen LogP contribution in [0.15, 0.2) is 76.3 Å². The number of nitrogens with zero attached hydrogens (tertiary/aromatic N) is 1. The van der Waals surface area contributed by atoms with Gasteiger partial charge in [0.15, 0.2) is 0 Å². The number of hydrogen-bond acceptors (Lipinski definition) is 4. The van der Waals surface area contributed by atoms with Crippen molar-refractivity contribution in [2.45, 2.75) is 30.5 Å². The molecule has 0 saturated carbocycles. The Balaban J connectivity index is 1.76. The Labute approximate surface area is 182 Å². The van der Waals surface area contributed by atoms with Gasteiger partial charge in [0.1, 0.15) is 4.21 Å². The molecule has 0 aliphatic carbocycles. The average molecular weight is 443 g/mol. The first kappa shape index (κ1) is 22.1. The van der Waals surface area contributed by atoms with Crippen molar-refractivity contribution in [3.05, 3.63) is 83.2 Å². The molecule has 1 N–H and O–H groups in total. The molecule has 0 aliphatic heterocycles. The van der Waals surface area contributed by atoms with E-state index in [2.05, 4.69) is 19.2 Å². The van der Waals surface area contributed by atoms with Crippen molar-refractivity contribution in [2.24, 2.45) is 5.92 Å². The normalized spacial score (nSPS) is 12.5. The molecule has 7 heteroatoms. The number of thiophene rings is 1. The van der Waals surface area contributed by atoms with Gasteiger partial charge in [-0.2, -0.15) is 0 Å². The molecule has 0 unspecified atom stereocenters. The van der Waals surface area contributed by atoms with Crippen molar-refractivity contribution < 1.29 is 13.2 Å². The van der Waals surface area contributed by atoms with E-state index in [4.69, 9.17) is 0 Å². The highest BCUT2D eigenvalue weighted by molar-refractivity contribution is 7.94. The first-order chi connectivity index (χ1) is 14.3. The van der Waals surface area contributed by atoms with Crippen LogP contribution in [-0.2, 0) is 10.0 Å². The Kier molecular flexibility index (Phi) is 6.95. The van der Waals surface area contributed by atoms with E-state index < -0.39 is 10.0 Å². The van der Waals surface area contributed by atoms with Crippen LogP contribution >= 0.6 is 11.3 Å². The molecule has 158 valence electrons. The third-order valence-electron chi connectivity index (χ3n) is 4.82. The van der Waals surface area contributed by atoms with Crippen LogP contribution in [0, 0.1) is 5.92 Å². The molecular weight excluding hydrogens is 416 g/mol. The van der Waals surface area contributed by atoms with Crippen molar-refractivity contribution in [3.63, 3.8) is 0 Å². The van der Waals surface area contributed by atoms with Gasteiger partial charge in [-0.3, -0.25) is 9.10 Å². The zero-order valence-electron chi connectivity index (χ0n) is 17.3. The minimum absolute atomic E-state index is 0.0831. The third kappa shape index (κ3) is 5.09. The van der Waals surface area contributed by atoms with Gasteiger partial charge in [-0.25, -0.2) is 8.42 Å². The molecule has 1 atom stereocenters. The van der Waals surface area contributed by atoms with Gasteiger partial charge in [0.2, 0.25) is 0 Å². The van der Waals surface area contributed by atoms with Crippen LogP contribution in [0.2, 0.25) is 0 Å². The van der Waals surface area contributed by atoms with E-state index in [0.29, 0.717) is 17.2 Å². The number of carbonyl (C=O) groups is 1. The van der Waals surface area contributed by atoms with E-state index >= 15 is 0 Å². The molecule has 0 aliphatic rings. The van der Waals surface area contributed by atoms with Crippen LogP contribution in [0.5, 0.6) is 0 Å². The molecule has 0 radical (unpaired) electrons. The summed E-state index contributed by atoms with van der Waals surface area (Å²) in [4.78, 5) is 12.8. The molecular formula is C23H26N2O3S2. The molecule has 0 saturated heterocycles. The number of benzene rings is 2. The quantitative estimate of drug-likeness (QED) is 0.528. The zero-order chi connectivity index (χ0) is 21.7. The highest BCUT2D eigenvalue weighted by atomic mass is 32.2. The molecule has 1 heterocycles. The van der Waals surface area contributed by atoms with Crippen molar-refractivity contribution in [2.75, 3.05) is 11.4 Å². The Morgan fingerprint density at radius 1 is 1.00 bits per heavy atom. The van der Waals surface area contributed by atoms with E-state index in [9.17, 15) is 13.2 Å². The van der Waals surface area contributed by atoms with Gasteiger partial charge in [-0.15, -0.1) is 11.3 Å². The lowest BCUT2D eigenvalue weighted by Gasteiger charge is -2.22. The number of carbonyl (C=O) groups excluding carboxylic acids is 1. The topological polar surface area (TPSA) is 66.5 Å². The fraction of sp³-hybridized carbons (Fsp3) is 0.261. The maximum absolute atomic E-state index is 12.8. The fourth-order valence-electron chi connectivity index (χ4n) is 3.18. The summed E-state index contributed by atoms with van der Waals surface area (Å²) in [6.07, 6.45) is 0.829. The molecule has 1 amide bonds. The van der Waals surface area contributed by atoms with Gasteiger partial charge in [0.25, 0.3) is 15.9 Å². The van der Waals surface area contributed by atoms with Crippen LogP contribution in [0.1, 0.15) is 42.2 Å². The number of amides is 1. The predicted octanol–water partition coefficient (Wildman–Crippen LogP) is 5.09. The smallest absolute Gasteiger partial charge is 0.273 e. The molecule has 0 bridgehead atoms.